The van der Waals surface area contributed by atoms with E-state index in [1.807, 2.05) is 24.3 Å². The summed E-state index contributed by atoms with van der Waals surface area (Å²) in [6.07, 6.45) is 2.04. The number of nitrogens with zero attached hydrogens (tertiary/aromatic N) is 1. The highest BCUT2D eigenvalue weighted by Crippen LogP contribution is 2.27. The lowest BCUT2D eigenvalue weighted by Gasteiger charge is -2.35. The van der Waals surface area contributed by atoms with Crippen LogP contribution >= 0.6 is 11.6 Å². The standard InChI is InChI=1S/C20H22ClN3O2/c21-17-9-3-4-10-18(17)24-11-5-7-15(13-24)23-19(25)12-14-6-1-2-8-16(14)20(22)26/h1-4,6,8-10,15H,5,7,11-13H2,(H2,22,26)(H,23,25). The average Bonchev–Trinajstić information content (AvgIpc) is 2.62. The maximum atomic E-state index is 12.5. The van der Waals surface area contributed by atoms with Crippen molar-refractivity contribution in [1.29, 1.82) is 0 Å². The second-order valence-corrected chi connectivity index (χ2v) is 6.91. The molecule has 6 heteroatoms. The van der Waals surface area contributed by atoms with Crippen LogP contribution in [-0.2, 0) is 11.2 Å². The molecular formula is C20H22ClN3O2. The number of amides is 2. The van der Waals surface area contributed by atoms with Gasteiger partial charge in [-0.2, -0.15) is 0 Å². The Morgan fingerprint density at radius 1 is 1.15 bits per heavy atom. The smallest absolute Gasteiger partial charge is 0.248 e. The molecule has 2 aromatic rings. The molecule has 0 aliphatic carbocycles. The maximum Gasteiger partial charge on any atom is 0.248 e. The summed E-state index contributed by atoms with van der Waals surface area (Å²) in [6, 6.07) is 14.7. The van der Waals surface area contributed by atoms with Gasteiger partial charge in [-0.1, -0.05) is 41.9 Å². The number of nitrogens with two attached hydrogens (primary N) is 1. The van der Waals surface area contributed by atoms with Crippen LogP contribution in [0.5, 0.6) is 0 Å². The van der Waals surface area contributed by atoms with Crippen LogP contribution in [0.3, 0.4) is 0 Å². The first-order valence-electron chi connectivity index (χ1n) is 8.71. The minimum Gasteiger partial charge on any atom is -0.368 e. The van der Waals surface area contributed by atoms with Gasteiger partial charge in [0.2, 0.25) is 11.8 Å². The first kappa shape index (κ1) is 18.3. The van der Waals surface area contributed by atoms with Gasteiger partial charge in [-0.3, -0.25) is 9.59 Å². The molecule has 1 heterocycles. The van der Waals surface area contributed by atoms with Gasteiger partial charge in [-0.25, -0.2) is 0 Å². The number of hydrogen-bond donors (Lipinski definition) is 2. The molecule has 1 aliphatic heterocycles. The van der Waals surface area contributed by atoms with Crippen LogP contribution in [0.1, 0.15) is 28.8 Å². The quantitative estimate of drug-likeness (QED) is 0.848. The molecule has 1 fully saturated rings. The van der Waals surface area contributed by atoms with E-state index in [4.69, 9.17) is 17.3 Å². The van der Waals surface area contributed by atoms with E-state index in [1.165, 1.54) is 0 Å². The van der Waals surface area contributed by atoms with Gasteiger partial charge < -0.3 is 16.0 Å². The summed E-state index contributed by atoms with van der Waals surface area (Å²) in [7, 11) is 0. The first-order valence-corrected chi connectivity index (χ1v) is 9.09. The van der Waals surface area contributed by atoms with E-state index >= 15 is 0 Å². The molecule has 0 aromatic heterocycles. The highest BCUT2D eigenvalue weighted by molar-refractivity contribution is 6.33. The van der Waals surface area contributed by atoms with E-state index in [0.29, 0.717) is 17.7 Å². The Labute approximate surface area is 158 Å². The Kier molecular flexibility index (Phi) is 5.78. The summed E-state index contributed by atoms with van der Waals surface area (Å²) >= 11 is 6.29. The van der Waals surface area contributed by atoms with Gasteiger partial charge in [0.1, 0.15) is 0 Å². The second kappa shape index (κ2) is 8.23. The molecule has 3 N–H and O–H groups in total. The van der Waals surface area contributed by atoms with Crippen molar-refractivity contribution in [3.8, 4) is 0 Å². The predicted octanol–water partition coefficient (Wildman–Crippen LogP) is 2.77. The van der Waals surface area contributed by atoms with Gasteiger partial charge in [-0.05, 0) is 36.6 Å². The number of piperidine rings is 1. The summed E-state index contributed by atoms with van der Waals surface area (Å²) in [4.78, 5) is 26.2. The monoisotopic (exact) mass is 371 g/mol. The van der Waals surface area contributed by atoms with E-state index in [1.54, 1.807) is 24.3 Å². The van der Waals surface area contributed by atoms with Gasteiger partial charge in [0.25, 0.3) is 0 Å². The number of carbonyl (C=O) groups is 2. The minimum absolute atomic E-state index is 0.0493. The molecule has 3 rings (SSSR count). The van der Waals surface area contributed by atoms with E-state index in [-0.39, 0.29) is 18.4 Å². The third-order valence-corrected chi connectivity index (χ3v) is 4.93. The van der Waals surface area contributed by atoms with Crippen LogP contribution < -0.4 is 16.0 Å². The Hall–Kier alpha value is -2.53. The zero-order valence-electron chi connectivity index (χ0n) is 14.5. The Morgan fingerprint density at radius 2 is 1.88 bits per heavy atom. The molecule has 0 saturated carbocycles. The van der Waals surface area contributed by atoms with Gasteiger partial charge in [0.05, 0.1) is 17.1 Å². The fraction of sp³-hybridized carbons (Fsp3) is 0.300. The zero-order chi connectivity index (χ0) is 18.5. The maximum absolute atomic E-state index is 12.5. The summed E-state index contributed by atoms with van der Waals surface area (Å²) in [5.74, 6) is -0.624. The Bertz CT molecular complexity index is 809. The Balaban J connectivity index is 1.63. The first-order chi connectivity index (χ1) is 12.5. The van der Waals surface area contributed by atoms with Gasteiger partial charge in [0.15, 0.2) is 0 Å². The molecule has 0 bridgehead atoms. The molecule has 1 atom stereocenters. The molecule has 2 amide bonds. The van der Waals surface area contributed by atoms with Crippen molar-refractivity contribution in [2.24, 2.45) is 5.73 Å². The third-order valence-electron chi connectivity index (χ3n) is 4.61. The molecule has 1 saturated heterocycles. The minimum atomic E-state index is -0.518. The highest BCUT2D eigenvalue weighted by atomic mass is 35.5. The van der Waals surface area contributed by atoms with Crippen LogP contribution in [-0.4, -0.2) is 30.9 Å². The second-order valence-electron chi connectivity index (χ2n) is 6.50. The Morgan fingerprint density at radius 3 is 2.65 bits per heavy atom. The normalized spacial score (nSPS) is 17.0. The number of rotatable bonds is 5. The van der Waals surface area contributed by atoms with Crippen LogP contribution in [0.25, 0.3) is 0 Å². The van der Waals surface area contributed by atoms with Crippen molar-refractivity contribution < 1.29 is 9.59 Å². The van der Waals surface area contributed by atoms with Crippen molar-refractivity contribution in [3.63, 3.8) is 0 Å². The van der Waals surface area contributed by atoms with E-state index in [9.17, 15) is 9.59 Å². The SMILES string of the molecule is NC(=O)c1ccccc1CC(=O)NC1CCCN(c2ccccc2Cl)C1. The van der Waals surface area contributed by atoms with Crippen molar-refractivity contribution in [2.45, 2.75) is 25.3 Å². The zero-order valence-corrected chi connectivity index (χ0v) is 15.2. The summed E-state index contributed by atoms with van der Waals surface area (Å²) in [5, 5.41) is 3.79. The van der Waals surface area contributed by atoms with Crippen LogP contribution in [0, 0.1) is 0 Å². The number of para-hydroxylation sites is 1. The van der Waals surface area contributed by atoms with Crippen LogP contribution in [0.15, 0.2) is 48.5 Å². The van der Waals surface area contributed by atoms with Crippen molar-refractivity contribution in [1.82, 2.24) is 5.32 Å². The predicted molar refractivity (Wildman–Crippen MR) is 103 cm³/mol. The van der Waals surface area contributed by atoms with Crippen molar-refractivity contribution >= 4 is 29.1 Å². The summed E-state index contributed by atoms with van der Waals surface area (Å²) in [6.45, 7) is 1.63. The lowest BCUT2D eigenvalue weighted by Crippen LogP contribution is -2.48. The number of anilines is 1. The molecule has 0 radical (unpaired) electrons. The number of primary amides is 1. The molecule has 136 valence electrons. The number of nitrogens with one attached hydrogen (secondary N) is 1. The number of carbonyl (C=O) groups excluding carboxylic acids is 2. The molecule has 26 heavy (non-hydrogen) atoms. The molecule has 1 unspecified atom stereocenters. The average molecular weight is 372 g/mol. The molecule has 2 aromatic carbocycles. The molecule has 1 aliphatic rings. The lowest BCUT2D eigenvalue weighted by atomic mass is 10.0. The topological polar surface area (TPSA) is 75.4 Å². The van der Waals surface area contributed by atoms with Crippen LogP contribution in [0.4, 0.5) is 5.69 Å². The van der Waals surface area contributed by atoms with Gasteiger partial charge in [0, 0.05) is 24.7 Å². The fourth-order valence-electron chi connectivity index (χ4n) is 3.39. The van der Waals surface area contributed by atoms with E-state index in [0.717, 1.165) is 30.1 Å². The third kappa shape index (κ3) is 4.35. The number of benzene rings is 2. The van der Waals surface area contributed by atoms with Gasteiger partial charge in [-0.15, -0.1) is 0 Å². The highest BCUT2D eigenvalue weighted by Gasteiger charge is 2.23. The summed E-state index contributed by atoms with van der Waals surface area (Å²) < 4.78 is 0. The van der Waals surface area contributed by atoms with Crippen LogP contribution in [0.2, 0.25) is 5.02 Å². The van der Waals surface area contributed by atoms with E-state index in [2.05, 4.69) is 10.2 Å². The van der Waals surface area contributed by atoms with Crippen molar-refractivity contribution in [2.75, 3.05) is 18.0 Å². The van der Waals surface area contributed by atoms with Gasteiger partial charge >= 0.3 is 0 Å². The van der Waals surface area contributed by atoms with E-state index < -0.39 is 5.91 Å². The molecule has 0 spiro atoms. The summed E-state index contributed by atoms with van der Waals surface area (Å²) in [5.41, 5.74) is 7.42. The molecular weight excluding hydrogens is 350 g/mol. The number of halogens is 1. The lowest BCUT2D eigenvalue weighted by molar-refractivity contribution is -0.121. The largest absolute Gasteiger partial charge is 0.368 e. The van der Waals surface area contributed by atoms with Crippen molar-refractivity contribution in [3.05, 3.63) is 64.7 Å². The number of hydrogen-bond acceptors (Lipinski definition) is 3. The fourth-order valence-corrected chi connectivity index (χ4v) is 3.64. The molecule has 5 nitrogen and oxygen atoms in total.